The van der Waals surface area contributed by atoms with E-state index >= 15 is 0 Å². The number of morpholine rings is 1. The summed E-state index contributed by atoms with van der Waals surface area (Å²) in [4.78, 5) is 46.1. The number of benzene rings is 2. The Morgan fingerprint density at radius 2 is 1.90 bits per heavy atom. The minimum atomic E-state index is -0.215. The Morgan fingerprint density at radius 3 is 2.67 bits per heavy atom. The molecule has 5 rings (SSSR count). The number of carbonyl (C=O) groups is 3. The monoisotopic (exact) mass is 541 g/mol. The normalized spacial score (nSPS) is 15.8. The van der Waals surface area contributed by atoms with E-state index in [2.05, 4.69) is 20.5 Å². The minimum absolute atomic E-state index is 0.0459. The molecule has 40 heavy (non-hydrogen) atoms. The average molecular weight is 542 g/mol. The van der Waals surface area contributed by atoms with Crippen LogP contribution >= 0.6 is 0 Å². The molecule has 0 bridgehead atoms. The third-order valence-electron chi connectivity index (χ3n) is 7.33. The Bertz CT molecular complexity index is 1470. The zero-order valence-electron chi connectivity index (χ0n) is 23.2. The highest BCUT2D eigenvalue weighted by Crippen LogP contribution is 2.40. The van der Waals surface area contributed by atoms with Gasteiger partial charge in [-0.25, -0.2) is 0 Å². The molecule has 0 radical (unpaired) electrons. The molecule has 2 aliphatic rings. The van der Waals surface area contributed by atoms with Crippen LogP contribution in [0.2, 0.25) is 0 Å². The average Bonchev–Trinajstić information content (AvgIpc) is 3.49. The molecule has 1 fully saturated rings. The number of hydrogen-bond donors (Lipinski definition) is 3. The number of H-pyrrole nitrogens is 1. The second-order valence-corrected chi connectivity index (χ2v) is 10.4. The summed E-state index contributed by atoms with van der Waals surface area (Å²) in [6.45, 7) is 5.57. The van der Waals surface area contributed by atoms with Crippen LogP contribution in [-0.4, -0.2) is 86.0 Å². The quantitative estimate of drug-likeness (QED) is 0.298. The summed E-state index contributed by atoms with van der Waals surface area (Å²) in [5.74, 6) is -0.389. The highest BCUT2D eigenvalue weighted by atomic mass is 16.5. The van der Waals surface area contributed by atoms with Gasteiger partial charge in [0.1, 0.15) is 0 Å². The van der Waals surface area contributed by atoms with Crippen molar-refractivity contribution in [1.29, 1.82) is 0 Å². The number of aromatic nitrogens is 1. The Balaban J connectivity index is 1.43. The van der Waals surface area contributed by atoms with Gasteiger partial charge in [-0.2, -0.15) is 0 Å². The zero-order valence-corrected chi connectivity index (χ0v) is 23.2. The van der Waals surface area contributed by atoms with E-state index in [9.17, 15) is 14.4 Å². The summed E-state index contributed by atoms with van der Waals surface area (Å²) in [7, 11) is 4.01. The van der Waals surface area contributed by atoms with Gasteiger partial charge in [0.25, 0.3) is 17.7 Å². The maximum absolute atomic E-state index is 13.1. The predicted molar refractivity (Wildman–Crippen MR) is 156 cm³/mol. The molecule has 2 aromatic carbocycles. The van der Waals surface area contributed by atoms with Crippen LogP contribution < -0.4 is 10.6 Å². The largest absolute Gasteiger partial charge is 0.378 e. The SMILES string of the molecule is Cc1c(C(=O)N2CCOCC2)c[nH]c1/C=C1\C(=O)Nc2cccc(-c3cccc(C(=O)NCCCN(C)C)c3)c21. The molecule has 3 heterocycles. The van der Waals surface area contributed by atoms with Crippen LogP contribution in [0.3, 0.4) is 0 Å². The van der Waals surface area contributed by atoms with E-state index in [1.807, 2.05) is 57.4 Å². The topological polar surface area (TPSA) is 107 Å². The molecule has 2 aliphatic heterocycles. The van der Waals surface area contributed by atoms with Crippen molar-refractivity contribution in [2.45, 2.75) is 13.3 Å². The molecule has 208 valence electrons. The molecule has 3 N–H and O–H groups in total. The maximum atomic E-state index is 13.1. The van der Waals surface area contributed by atoms with Crippen LogP contribution in [0.1, 0.15) is 44.0 Å². The van der Waals surface area contributed by atoms with E-state index in [-0.39, 0.29) is 17.7 Å². The number of ether oxygens (including phenoxy) is 1. The standard InChI is InChI=1S/C31H35N5O4/c1-20-25(31(39)36-13-15-40-16-14-36)19-33-27(20)18-24-28-23(9-5-10-26(28)34-30(24)38)21-7-4-8-22(17-21)29(37)32-11-6-12-35(2)3/h4-5,7-10,17-19,33H,6,11-16H2,1-3H3,(H,32,37)(H,34,38)/b24-18-. The number of nitrogens with zero attached hydrogens (tertiary/aromatic N) is 2. The van der Waals surface area contributed by atoms with E-state index < -0.39 is 0 Å². The number of anilines is 1. The number of nitrogens with one attached hydrogen (secondary N) is 3. The zero-order chi connectivity index (χ0) is 28.2. The smallest absolute Gasteiger partial charge is 0.256 e. The molecule has 3 amide bonds. The fourth-order valence-corrected chi connectivity index (χ4v) is 5.12. The van der Waals surface area contributed by atoms with Crippen molar-refractivity contribution < 1.29 is 19.1 Å². The second-order valence-electron chi connectivity index (χ2n) is 10.4. The van der Waals surface area contributed by atoms with Crippen molar-refractivity contribution >= 4 is 35.1 Å². The van der Waals surface area contributed by atoms with Gasteiger partial charge in [-0.1, -0.05) is 24.3 Å². The summed E-state index contributed by atoms with van der Waals surface area (Å²) >= 11 is 0. The van der Waals surface area contributed by atoms with E-state index in [0.717, 1.165) is 35.2 Å². The van der Waals surface area contributed by atoms with Gasteiger partial charge in [0.15, 0.2) is 0 Å². The van der Waals surface area contributed by atoms with Crippen LogP contribution in [0.25, 0.3) is 22.8 Å². The fraction of sp³-hybridized carbons (Fsp3) is 0.323. The summed E-state index contributed by atoms with van der Waals surface area (Å²) in [5.41, 5.74) is 6.31. The maximum Gasteiger partial charge on any atom is 0.256 e. The summed E-state index contributed by atoms with van der Waals surface area (Å²) in [6.07, 6.45) is 4.38. The molecular weight excluding hydrogens is 506 g/mol. The third kappa shape index (κ3) is 5.71. The number of amides is 3. The van der Waals surface area contributed by atoms with Gasteiger partial charge in [-0.15, -0.1) is 0 Å². The molecule has 0 aliphatic carbocycles. The number of hydrogen-bond acceptors (Lipinski definition) is 5. The molecule has 1 aromatic heterocycles. The van der Waals surface area contributed by atoms with Crippen LogP contribution in [0.15, 0.2) is 48.7 Å². The molecule has 0 unspecified atom stereocenters. The lowest BCUT2D eigenvalue weighted by atomic mass is 9.93. The molecule has 1 saturated heterocycles. The number of carbonyl (C=O) groups excluding carboxylic acids is 3. The molecule has 0 atom stereocenters. The lowest BCUT2D eigenvalue weighted by Gasteiger charge is -2.26. The van der Waals surface area contributed by atoms with Crippen molar-refractivity contribution in [2.75, 3.05) is 58.8 Å². The molecule has 9 nitrogen and oxygen atoms in total. The first kappa shape index (κ1) is 27.4. The van der Waals surface area contributed by atoms with Gasteiger partial charge in [-0.3, -0.25) is 14.4 Å². The number of rotatable bonds is 8. The molecule has 3 aromatic rings. The number of aromatic amines is 1. The van der Waals surface area contributed by atoms with E-state index in [1.54, 1.807) is 23.2 Å². The van der Waals surface area contributed by atoms with Gasteiger partial charge in [-0.05, 0) is 75.0 Å². The Labute approximate surface area is 234 Å². The Hall–Kier alpha value is -4.21. The molecule has 0 saturated carbocycles. The van der Waals surface area contributed by atoms with Gasteiger partial charge in [0, 0.05) is 48.3 Å². The summed E-state index contributed by atoms with van der Waals surface area (Å²) in [6, 6.07) is 13.2. The summed E-state index contributed by atoms with van der Waals surface area (Å²) < 4.78 is 5.37. The Morgan fingerprint density at radius 1 is 1.12 bits per heavy atom. The Kier molecular flexibility index (Phi) is 8.14. The van der Waals surface area contributed by atoms with E-state index in [0.29, 0.717) is 60.9 Å². The van der Waals surface area contributed by atoms with Crippen molar-refractivity contribution in [2.24, 2.45) is 0 Å². The van der Waals surface area contributed by atoms with Crippen molar-refractivity contribution in [3.8, 4) is 11.1 Å². The van der Waals surface area contributed by atoms with Crippen LogP contribution in [0.4, 0.5) is 5.69 Å². The van der Waals surface area contributed by atoms with Gasteiger partial charge < -0.3 is 30.2 Å². The van der Waals surface area contributed by atoms with Crippen LogP contribution in [0, 0.1) is 6.92 Å². The van der Waals surface area contributed by atoms with Crippen LogP contribution in [-0.2, 0) is 9.53 Å². The first-order valence-corrected chi connectivity index (χ1v) is 13.6. The molecule has 0 spiro atoms. The highest BCUT2D eigenvalue weighted by molar-refractivity contribution is 6.36. The molecular formula is C31H35N5O4. The third-order valence-corrected chi connectivity index (χ3v) is 7.33. The highest BCUT2D eigenvalue weighted by Gasteiger charge is 2.29. The van der Waals surface area contributed by atoms with Gasteiger partial charge in [0.05, 0.1) is 24.4 Å². The van der Waals surface area contributed by atoms with Gasteiger partial charge >= 0.3 is 0 Å². The van der Waals surface area contributed by atoms with Crippen molar-refractivity contribution in [3.05, 3.63) is 76.6 Å². The first-order chi connectivity index (χ1) is 19.3. The molecule has 9 heteroatoms. The second kappa shape index (κ2) is 11.9. The first-order valence-electron chi connectivity index (χ1n) is 13.6. The van der Waals surface area contributed by atoms with Crippen molar-refractivity contribution in [3.63, 3.8) is 0 Å². The van der Waals surface area contributed by atoms with E-state index in [1.165, 1.54) is 0 Å². The number of fused-ring (bicyclic) bond motifs is 1. The predicted octanol–water partition coefficient (Wildman–Crippen LogP) is 3.64. The minimum Gasteiger partial charge on any atom is -0.378 e. The lowest BCUT2D eigenvalue weighted by Crippen LogP contribution is -2.40. The van der Waals surface area contributed by atoms with Gasteiger partial charge in [0.2, 0.25) is 0 Å². The fourth-order valence-electron chi connectivity index (χ4n) is 5.12. The van der Waals surface area contributed by atoms with Crippen LogP contribution in [0.5, 0.6) is 0 Å². The van der Waals surface area contributed by atoms with E-state index in [4.69, 9.17) is 4.74 Å². The van der Waals surface area contributed by atoms with Crippen molar-refractivity contribution in [1.82, 2.24) is 20.1 Å². The lowest BCUT2D eigenvalue weighted by molar-refractivity contribution is -0.110. The summed E-state index contributed by atoms with van der Waals surface area (Å²) in [5, 5.41) is 5.96.